The Morgan fingerprint density at radius 1 is 1.14 bits per heavy atom. The maximum atomic E-state index is 13.4. The Morgan fingerprint density at radius 2 is 2.00 bits per heavy atom. The quantitative estimate of drug-likeness (QED) is 0.745. The predicted octanol–water partition coefficient (Wildman–Crippen LogP) is 0.646. The molecule has 5 nitrogen and oxygen atoms in total. The van der Waals surface area contributed by atoms with Gasteiger partial charge in [0, 0.05) is 31.6 Å². The third-order valence-electron chi connectivity index (χ3n) is 6.27. The predicted molar refractivity (Wildman–Crippen MR) is 78.5 cm³/mol. The number of carbonyl (C=O) groups is 2. The second kappa shape index (κ2) is 4.97. The Kier molecular flexibility index (Phi) is 3.21. The summed E-state index contributed by atoms with van der Waals surface area (Å²) in [5.41, 5.74) is -0.174. The SMILES string of the molecule is O=C1CC2CCC(CN1)N2C(=O)[C@@]12CCCC[C@H]1CNC2. The van der Waals surface area contributed by atoms with Crippen molar-refractivity contribution in [2.75, 3.05) is 19.6 Å². The molecule has 3 aliphatic heterocycles. The summed E-state index contributed by atoms with van der Waals surface area (Å²) in [4.78, 5) is 27.3. The van der Waals surface area contributed by atoms with Gasteiger partial charge >= 0.3 is 0 Å². The van der Waals surface area contributed by atoms with Crippen LogP contribution in [0.15, 0.2) is 0 Å². The summed E-state index contributed by atoms with van der Waals surface area (Å²) in [7, 11) is 0. The first-order valence-corrected chi connectivity index (χ1v) is 8.51. The summed E-state index contributed by atoms with van der Waals surface area (Å²) < 4.78 is 0. The van der Waals surface area contributed by atoms with E-state index in [1.54, 1.807) is 0 Å². The molecule has 2 N–H and O–H groups in total. The third kappa shape index (κ3) is 2.00. The van der Waals surface area contributed by atoms with E-state index in [0.717, 1.165) is 32.4 Å². The van der Waals surface area contributed by atoms with Gasteiger partial charge in [0.15, 0.2) is 0 Å². The summed E-state index contributed by atoms with van der Waals surface area (Å²) in [6, 6.07) is 0.369. The molecule has 0 spiro atoms. The molecule has 3 heterocycles. The topological polar surface area (TPSA) is 61.4 Å². The van der Waals surface area contributed by atoms with Crippen molar-refractivity contribution in [1.82, 2.24) is 15.5 Å². The van der Waals surface area contributed by atoms with Crippen LogP contribution in [0.1, 0.15) is 44.9 Å². The van der Waals surface area contributed by atoms with Gasteiger partial charge in [-0.2, -0.15) is 0 Å². The van der Waals surface area contributed by atoms with Crippen molar-refractivity contribution in [3.8, 4) is 0 Å². The molecule has 2 unspecified atom stereocenters. The zero-order chi connectivity index (χ0) is 14.4. The molecule has 5 heteroatoms. The van der Waals surface area contributed by atoms with Crippen molar-refractivity contribution >= 4 is 11.8 Å². The van der Waals surface area contributed by atoms with Crippen LogP contribution < -0.4 is 10.6 Å². The van der Waals surface area contributed by atoms with Gasteiger partial charge in [-0.25, -0.2) is 0 Å². The van der Waals surface area contributed by atoms with Crippen LogP contribution in [-0.4, -0.2) is 48.4 Å². The van der Waals surface area contributed by atoms with E-state index in [0.29, 0.717) is 24.8 Å². The first-order valence-electron chi connectivity index (χ1n) is 8.51. The van der Waals surface area contributed by atoms with Crippen molar-refractivity contribution in [3.63, 3.8) is 0 Å². The lowest BCUT2D eigenvalue weighted by Crippen LogP contribution is -2.54. The van der Waals surface area contributed by atoms with Crippen LogP contribution in [0.25, 0.3) is 0 Å². The number of carbonyl (C=O) groups excluding carboxylic acids is 2. The molecule has 0 radical (unpaired) electrons. The highest BCUT2D eigenvalue weighted by Crippen LogP contribution is 2.47. The molecule has 0 aromatic heterocycles. The summed E-state index contributed by atoms with van der Waals surface area (Å²) in [5, 5.41) is 6.44. The second-order valence-electron chi connectivity index (χ2n) is 7.34. The minimum absolute atomic E-state index is 0.113. The van der Waals surface area contributed by atoms with Crippen molar-refractivity contribution in [2.45, 2.75) is 57.0 Å². The van der Waals surface area contributed by atoms with Crippen LogP contribution in [0.3, 0.4) is 0 Å². The lowest BCUT2D eigenvalue weighted by molar-refractivity contribution is -0.148. The third-order valence-corrected chi connectivity index (χ3v) is 6.27. The Balaban J connectivity index is 1.63. The van der Waals surface area contributed by atoms with Gasteiger partial charge in [-0.1, -0.05) is 12.8 Å². The van der Waals surface area contributed by atoms with Crippen LogP contribution in [-0.2, 0) is 9.59 Å². The van der Waals surface area contributed by atoms with E-state index in [1.807, 2.05) is 0 Å². The number of rotatable bonds is 1. The van der Waals surface area contributed by atoms with Crippen molar-refractivity contribution in [1.29, 1.82) is 0 Å². The molecule has 4 atom stereocenters. The monoisotopic (exact) mass is 291 g/mol. The smallest absolute Gasteiger partial charge is 0.230 e. The van der Waals surface area contributed by atoms with Crippen LogP contribution >= 0.6 is 0 Å². The molecule has 2 bridgehead atoms. The highest BCUT2D eigenvalue weighted by molar-refractivity contribution is 5.86. The Morgan fingerprint density at radius 3 is 2.90 bits per heavy atom. The average Bonchev–Trinajstić information content (AvgIpc) is 3.03. The van der Waals surface area contributed by atoms with Gasteiger partial charge in [0.1, 0.15) is 0 Å². The van der Waals surface area contributed by atoms with Crippen LogP contribution in [0, 0.1) is 11.3 Å². The van der Waals surface area contributed by atoms with Gasteiger partial charge < -0.3 is 15.5 Å². The Labute approximate surface area is 125 Å². The van der Waals surface area contributed by atoms with E-state index < -0.39 is 0 Å². The normalized spacial score (nSPS) is 42.4. The zero-order valence-electron chi connectivity index (χ0n) is 12.6. The maximum absolute atomic E-state index is 13.4. The molecule has 0 aromatic carbocycles. The molecule has 116 valence electrons. The van der Waals surface area contributed by atoms with Crippen molar-refractivity contribution in [2.24, 2.45) is 11.3 Å². The zero-order valence-corrected chi connectivity index (χ0v) is 12.6. The van der Waals surface area contributed by atoms with Crippen LogP contribution in [0.2, 0.25) is 0 Å². The van der Waals surface area contributed by atoms with E-state index in [9.17, 15) is 9.59 Å². The van der Waals surface area contributed by atoms with Gasteiger partial charge in [0.2, 0.25) is 11.8 Å². The van der Waals surface area contributed by atoms with Crippen molar-refractivity contribution in [3.05, 3.63) is 0 Å². The number of fused-ring (bicyclic) bond motifs is 3. The van der Waals surface area contributed by atoms with E-state index in [2.05, 4.69) is 15.5 Å². The number of nitrogens with one attached hydrogen (secondary N) is 2. The molecular formula is C16H25N3O2. The maximum Gasteiger partial charge on any atom is 0.230 e. The number of nitrogens with zero attached hydrogens (tertiary/aromatic N) is 1. The van der Waals surface area contributed by atoms with Crippen LogP contribution in [0.4, 0.5) is 0 Å². The van der Waals surface area contributed by atoms with Gasteiger partial charge in [-0.05, 0) is 38.1 Å². The lowest BCUT2D eigenvalue weighted by atomic mass is 9.67. The minimum Gasteiger partial charge on any atom is -0.354 e. The first-order chi connectivity index (χ1) is 10.2. The summed E-state index contributed by atoms with van der Waals surface area (Å²) in [6.07, 6.45) is 7.18. The summed E-state index contributed by atoms with van der Waals surface area (Å²) in [5.74, 6) is 0.966. The summed E-state index contributed by atoms with van der Waals surface area (Å²) >= 11 is 0. The highest BCUT2D eigenvalue weighted by atomic mass is 16.2. The molecule has 4 rings (SSSR count). The second-order valence-corrected chi connectivity index (χ2v) is 7.34. The largest absolute Gasteiger partial charge is 0.354 e. The molecule has 4 aliphatic rings. The molecule has 0 aromatic rings. The van der Waals surface area contributed by atoms with Gasteiger partial charge in [-0.3, -0.25) is 9.59 Å². The standard InChI is InChI=1S/C16H25N3O2/c20-14-7-12-4-5-13(9-18-14)19(12)15(21)16-6-2-1-3-11(16)8-17-10-16/h11-13,17H,1-10H2,(H,18,20)/t11-,12?,13?,16+/m0/s1. The van der Waals surface area contributed by atoms with E-state index in [1.165, 1.54) is 19.3 Å². The van der Waals surface area contributed by atoms with Gasteiger partial charge in [0.25, 0.3) is 0 Å². The van der Waals surface area contributed by atoms with Crippen molar-refractivity contribution < 1.29 is 9.59 Å². The van der Waals surface area contributed by atoms with Gasteiger partial charge in [-0.15, -0.1) is 0 Å². The number of amides is 2. The molecule has 1 aliphatic carbocycles. The summed E-state index contributed by atoms with van der Waals surface area (Å²) in [6.45, 7) is 2.48. The molecule has 1 saturated carbocycles. The highest BCUT2D eigenvalue weighted by Gasteiger charge is 2.54. The first kappa shape index (κ1) is 13.6. The molecule has 4 fully saturated rings. The lowest BCUT2D eigenvalue weighted by Gasteiger charge is -2.42. The molecular weight excluding hydrogens is 266 g/mol. The fraction of sp³-hybridized carbons (Fsp3) is 0.875. The molecule has 2 amide bonds. The minimum atomic E-state index is -0.174. The number of hydrogen-bond acceptors (Lipinski definition) is 3. The Bertz CT molecular complexity index is 466. The molecule has 21 heavy (non-hydrogen) atoms. The van der Waals surface area contributed by atoms with Gasteiger partial charge in [0.05, 0.1) is 5.41 Å². The van der Waals surface area contributed by atoms with E-state index >= 15 is 0 Å². The molecule has 3 saturated heterocycles. The van der Waals surface area contributed by atoms with E-state index in [4.69, 9.17) is 0 Å². The fourth-order valence-electron chi connectivity index (χ4n) is 5.14. The fourth-order valence-corrected chi connectivity index (χ4v) is 5.14. The number of hydrogen-bond donors (Lipinski definition) is 2. The van der Waals surface area contributed by atoms with E-state index in [-0.39, 0.29) is 23.4 Å². The van der Waals surface area contributed by atoms with Crippen LogP contribution in [0.5, 0.6) is 0 Å². The average molecular weight is 291 g/mol. The Hall–Kier alpha value is -1.10.